The van der Waals surface area contributed by atoms with Crippen molar-refractivity contribution in [3.05, 3.63) is 35.1 Å². The summed E-state index contributed by atoms with van der Waals surface area (Å²) in [7, 11) is 1.40. The monoisotopic (exact) mass is 469 g/mol. The number of carbonyl (C=O) groups is 1. The van der Waals surface area contributed by atoms with Crippen LogP contribution in [0.4, 0.5) is 10.6 Å². The summed E-state index contributed by atoms with van der Waals surface area (Å²) in [5.41, 5.74) is 2.39. The molecule has 5 rings (SSSR count). The Morgan fingerprint density at radius 1 is 1.12 bits per heavy atom. The molecule has 0 spiro atoms. The Morgan fingerprint density at radius 2 is 1.85 bits per heavy atom. The molecule has 0 aliphatic carbocycles. The third-order valence-electron chi connectivity index (χ3n) is 6.53. The lowest BCUT2D eigenvalue weighted by Gasteiger charge is -2.39. The molecule has 2 fully saturated rings. The first-order chi connectivity index (χ1) is 16.0. The van der Waals surface area contributed by atoms with Crippen LogP contribution >= 0.6 is 11.6 Å². The van der Waals surface area contributed by atoms with Crippen LogP contribution in [0.3, 0.4) is 0 Å². The van der Waals surface area contributed by atoms with Gasteiger partial charge in [-0.15, -0.1) is 0 Å². The molecule has 1 aromatic carbocycles. The highest BCUT2D eigenvalue weighted by Crippen LogP contribution is 2.37. The van der Waals surface area contributed by atoms with Crippen LogP contribution < -0.4 is 4.90 Å². The third kappa shape index (κ3) is 3.89. The average molecular weight is 470 g/mol. The zero-order chi connectivity index (χ0) is 23.1. The molecular formula is C23H28ClN7O2. The zero-order valence-corrected chi connectivity index (χ0v) is 19.9. The fraction of sp³-hybridized carbons (Fsp3) is 0.478. The van der Waals surface area contributed by atoms with E-state index in [9.17, 15) is 4.79 Å². The molecule has 2 saturated heterocycles. The summed E-state index contributed by atoms with van der Waals surface area (Å²) in [6, 6.07) is 7.72. The Labute approximate surface area is 197 Å². The SMILES string of the molecule is CCN1CCN(c2nc(C)nc3c2nc(-c2ccccc2Cl)n3C2CN(C(=O)OC)C2)CC1. The maximum absolute atomic E-state index is 12.0. The molecule has 0 N–H and O–H groups in total. The molecule has 10 heteroatoms. The van der Waals surface area contributed by atoms with Gasteiger partial charge in [-0.05, 0) is 25.6 Å². The summed E-state index contributed by atoms with van der Waals surface area (Å²) in [6.07, 6.45) is -0.324. The van der Waals surface area contributed by atoms with Crippen LogP contribution in [0.15, 0.2) is 24.3 Å². The molecule has 2 aromatic heterocycles. The van der Waals surface area contributed by atoms with E-state index in [2.05, 4.69) is 21.3 Å². The van der Waals surface area contributed by atoms with E-state index in [-0.39, 0.29) is 12.1 Å². The van der Waals surface area contributed by atoms with Crippen molar-refractivity contribution < 1.29 is 9.53 Å². The quantitative estimate of drug-likeness (QED) is 0.580. The van der Waals surface area contributed by atoms with Gasteiger partial charge in [0.15, 0.2) is 17.0 Å². The number of likely N-dealkylation sites (tertiary alicyclic amines) is 1. The third-order valence-corrected chi connectivity index (χ3v) is 6.86. The number of aromatic nitrogens is 4. The Morgan fingerprint density at radius 3 is 2.52 bits per heavy atom. The number of nitrogens with zero attached hydrogens (tertiary/aromatic N) is 7. The Hall–Kier alpha value is -2.91. The number of benzene rings is 1. The lowest BCUT2D eigenvalue weighted by Crippen LogP contribution is -2.50. The van der Waals surface area contributed by atoms with Gasteiger partial charge < -0.3 is 24.0 Å². The zero-order valence-electron chi connectivity index (χ0n) is 19.2. The van der Waals surface area contributed by atoms with Gasteiger partial charge in [-0.1, -0.05) is 30.7 Å². The lowest BCUT2D eigenvalue weighted by molar-refractivity contribution is 0.0726. The minimum absolute atomic E-state index is 0.0273. The highest BCUT2D eigenvalue weighted by Gasteiger charge is 2.36. The fourth-order valence-corrected chi connectivity index (χ4v) is 4.86. The van der Waals surface area contributed by atoms with Crippen LogP contribution in [0.2, 0.25) is 5.02 Å². The number of imidazole rings is 1. The van der Waals surface area contributed by atoms with Crippen molar-refractivity contribution in [2.24, 2.45) is 0 Å². The molecule has 0 atom stereocenters. The van der Waals surface area contributed by atoms with Crippen molar-refractivity contribution in [3.63, 3.8) is 0 Å². The van der Waals surface area contributed by atoms with Crippen LogP contribution in [-0.4, -0.2) is 88.3 Å². The highest BCUT2D eigenvalue weighted by molar-refractivity contribution is 6.33. The van der Waals surface area contributed by atoms with Gasteiger partial charge in [-0.3, -0.25) is 0 Å². The van der Waals surface area contributed by atoms with Crippen molar-refractivity contribution in [1.29, 1.82) is 0 Å². The van der Waals surface area contributed by atoms with Gasteiger partial charge in [-0.25, -0.2) is 19.7 Å². The van der Waals surface area contributed by atoms with Crippen molar-refractivity contribution in [2.45, 2.75) is 19.9 Å². The number of hydrogen-bond donors (Lipinski definition) is 0. The number of fused-ring (bicyclic) bond motifs is 1. The van der Waals surface area contributed by atoms with Crippen LogP contribution in [-0.2, 0) is 4.74 Å². The van der Waals surface area contributed by atoms with Gasteiger partial charge in [0.05, 0.1) is 18.2 Å². The fourth-order valence-electron chi connectivity index (χ4n) is 4.64. The predicted molar refractivity (Wildman–Crippen MR) is 128 cm³/mol. The van der Waals surface area contributed by atoms with Crippen LogP contribution in [0.25, 0.3) is 22.6 Å². The van der Waals surface area contributed by atoms with Crippen molar-refractivity contribution >= 4 is 34.7 Å². The summed E-state index contributed by atoms with van der Waals surface area (Å²) in [6.45, 7) is 10.0. The maximum atomic E-state index is 12.0. The minimum Gasteiger partial charge on any atom is -0.453 e. The first-order valence-corrected chi connectivity index (χ1v) is 11.7. The number of aryl methyl sites for hydroxylation is 1. The number of hydrogen-bond acceptors (Lipinski definition) is 7. The van der Waals surface area contributed by atoms with E-state index in [0.717, 1.165) is 61.1 Å². The number of amides is 1. The second kappa shape index (κ2) is 8.79. The van der Waals surface area contributed by atoms with Gasteiger partial charge in [0.25, 0.3) is 0 Å². The maximum Gasteiger partial charge on any atom is 0.409 e. The topological polar surface area (TPSA) is 79.6 Å². The van der Waals surface area contributed by atoms with Crippen molar-refractivity contribution in [1.82, 2.24) is 29.3 Å². The van der Waals surface area contributed by atoms with Gasteiger partial charge >= 0.3 is 6.09 Å². The largest absolute Gasteiger partial charge is 0.453 e. The first kappa shape index (κ1) is 21.9. The van der Waals surface area contributed by atoms with E-state index in [0.29, 0.717) is 23.9 Å². The summed E-state index contributed by atoms with van der Waals surface area (Å²) < 4.78 is 7.00. The van der Waals surface area contributed by atoms with Gasteiger partial charge in [0, 0.05) is 44.8 Å². The number of carbonyl (C=O) groups excluding carboxylic acids is 1. The molecule has 174 valence electrons. The van der Waals surface area contributed by atoms with Crippen LogP contribution in [0.5, 0.6) is 0 Å². The summed E-state index contributed by atoms with van der Waals surface area (Å²) in [5.74, 6) is 2.31. The number of rotatable bonds is 4. The Balaban J connectivity index is 1.62. The van der Waals surface area contributed by atoms with E-state index in [4.69, 9.17) is 31.3 Å². The Bertz CT molecular complexity index is 1180. The van der Waals surface area contributed by atoms with Gasteiger partial charge in [0.1, 0.15) is 11.6 Å². The number of anilines is 1. The van der Waals surface area contributed by atoms with Crippen LogP contribution in [0.1, 0.15) is 18.8 Å². The summed E-state index contributed by atoms with van der Waals surface area (Å²) >= 11 is 6.59. The van der Waals surface area contributed by atoms with E-state index < -0.39 is 0 Å². The first-order valence-electron chi connectivity index (χ1n) is 11.3. The average Bonchev–Trinajstić information content (AvgIpc) is 3.16. The molecule has 0 radical (unpaired) electrons. The van der Waals surface area contributed by atoms with Gasteiger partial charge in [-0.2, -0.15) is 0 Å². The number of halogens is 1. The number of likely N-dealkylation sites (N-methyl/N-ethyl adjacent to an activating group) is 1. The molecule has 0 bridgehead atoms. The molecule has 0 saturated carbocycles. The molecule has 3 aromatic rings. The second-order valence-corrected chi connectivity index (χ2v) is 8.91. The van der Waals surface area contributed by atoms with Crippen LogP contribution in [0, 0.1) is 6.92 Å². The second-order valence-electron chi connectivity index (χ2n) is 8.50. The summed E-state index contributed by atoms with van der Waals surface area (Å²) in [5, 5.41) is 0.626. The predicted octanol–water partition coefficient (Wildman–Crippen LogP) is 3.22. The smallest absolute Gasteiger partial charge is 0.409 e. The molecular weight excluding hydrogens is 442 g/mol. The molecule has 1 amide bonds. The number of piperazine rings is 1. The molecule has 9 nitrogen and oxygen atoms in total. The molecule has 2 aliphatic heterocycles. The van der Waals surface area contributed by atoms with E-state index in [1.54, 1.807) is 4.90 Å². The van der Waals surface area contributed by atoms with Crippen molar-refractivity contribution in [2.75, 3.05) is 57.8 Å². The van der Waals surface area contributed by atoms with E-state index in [1.165, 1.54) is 7.11 Å². The molecule has 4 heterocycles. The Kier molecular flexibility index (Phi) is 5.84. The summed E-state index contributed by atoms with van der Waals surface area (Å²) in [4.78, 5) is 33.1. The van der Waals surface area contributed by atoms with Gasteiger partial charge in [0.2, 0.25) is 0 Å². The number of ether oxygens (including phenoxy) is 1. The van der Waals surface area contributed by atoms with Crippen molar-refractivity contribution in [3.8, 4) is 11.4 Å². The normalized spacial score (nSPS) is 17.5. The lowest BCUT2D eigenvalue weighted by atomic mass is 10.1. The van der Waals surface area contributed by atoms with E-state index in [1.807, 2.05) is 31.2 Å². The molecule has 0 unspecified atom stereocenters. The standard InChI is InChI=1S/C23H28ClN7O2/c1-4-28-9-11-29(12-10-28)21-19-22(26-15(2)25-21)31(16-13-30(14-16)23(32)33-3)20(27-19)17-7-5-6-8-18(17)24/h5-8,16H,4,9-14H2,1-3H3. The molecule has 2 aliphatic rings. The minimum atomic E-state index is -0.324. The highest BCUT2D eigenvalue weighted by atomic mass is 35.5. The molecule has 33 heavy (non-hydrogen) atoms. The van der Waals surface area contributed by atoms with E-state index >= 15 is 0 Å². The number of methoxy groups -OCH3 is 1.